The molecule has 1 aromatic heterocycles. The molecule has 0 bridgehead atoms. The molecule has 1 aromatic carbocycles. The van der Waals surface area contributed by atoms with Gasteiger partial charge in [0.2, 0.25) is 0 Å². The number of benzene rings is 1. The Balaban J connectivity index is 2.21. The number of imidazole rings is 1. The van der Waals surface area contributed by atoms with Crippen LogP contribution in [-0.4, -0.2) is 33.3 Å². The van der Waals surface area contributed by atoms with Gasteiger partial charge in [0.05, 0.1) is 28.2 Å². The van der Waals surface area contributed by atoms with Crippen molar-refractivity contribution >= 4 is 17.0 Å². The molecule has 0 spiro atoms. The number of hydrogen-bond acceptors (Lipinski definition) is 3. The third kappa shape index (κ3) is 1.73. The number of aromatic carboxylic acids is 1. The van der Waals surface area contributed by atoms with Crippen LogP contribution in [0, 0.1) is 6.92 Å². The maximum Gasteiger partial charge on any atom is 0.335 e. The smallest absolute Gasteiger partial charge is 0.335 e. The van der Waals surface area contributed by atoms with E-state index in [-0.39, 0.29) is 17.2 Å². The number of rotatable bonds is 2. The highest BCUT2D eigenvalue weighted by Crippen LogP contribution is 2.36. The maximum atomic E-state index is 11.1. The lowest BCUT2D eigenvalue weighted by Crippen LogP contribution is -2.37. The first kappa shape index (κ1) is 13.1. The molecule has 2 unspecified atom stereocenters. The van der Waals surface area contributed by atoms with Gasteiger partial charge in [-0.1, -0.05) is 0 Å². The first-order chi connectivity index (χ1) is 9.43. The van der Waals surface area contributed by atoms with Gasteiger partial charge in [0.1, 0.15) is 5.82 Å². The zero-order chi connectivity index (χ0) is 14.5. The minimum Gasteiger partial charge on any atom is -0.478 e. The number of nitrogens with zero attached hydrogens (tertiary/aromatic N) is 2. The molecule has 106 valence electrons. The van der Waals surface area contributed by atoms with Crippen LogP contribution in [0.1, 0.15) is 36.5 Å². The number of carboxylic acids is 1. The van der Waals surface area contributed by atoms with E-state index in [1.54, 1.807) is 12.1 Å². The van der Waals surface area contributed by atoms with E-state index in [1.165, 1.54) is 0 Å². The van der Waals surface area contributed by atoms with Gasteiger partial charge >= 0.3 is 5.97 Å². The normalized spacial score (nSPS) is 26.2. The van der Waals surface area contributed by atoms with Gasteiger partial charge in [-0.3, -0.25) is 0 Å². The predicted octanol–water partition coefficient (Wildman–Crippen LogP) is 2.57. The molecule has 1 saturated heterocycles. The summed E-state index contributed by atoms with van der Waals surface area (Å²) in [6.45, 7) is 6.94. The lowest BCUT2D eigenvalue weighted by Gasteiger charge is -2.31. The molecule has 5 nitrogen and oxygen atoms in total. The fourth-order valence-corrected chi connectivity index (χ4v) is 3.10. The zero-order valence-electron chi connectivity index (χ0n) is 11.9. The lowest BCUT2D eigenvalue weighted by molar-refractivity contribution is 0.0697. The van der Waals surface area contributed by atoms with Gasteiger partial charge in [0, 0.05) is 6.61 Å². The standard InChI is InChI=1S/C15H18N2O3/c1-9-15(3,6-7-20-9)17-10(2)16-12-8-11(14(18)19)4-5-13(12)17/h4-5,8-9H,6-7H2,1-3H3,(H,18,19). The number of carboxylic acid groups (broad SMARTS) is 1. The van der Waals surface area contributed by atoms with E-state index in [4.69, 9.17) is 9.84 Å². The summed E-state index contributed by atoms with van der Waals surface area (Å²) >= 11 is 0. The van der Waals surface area contributed by atoms with Crippen LogP contribution in [0.5, 0.6) is 0 Å². The summed E-state index contributed by atoms with van der Waals surface area (Å²) in [5.41, 5.74) is 1.82. The number of hydrogen-bond donors (Lipinski definition) is 1. The summed E-state index contributed by atoms with van der Waals surface area (Å²) in [4.78, 5) is 15.6. The Kier molecular flexibility index (Phi) is 2.83. The fraction of sp³-hybridized carbons (Fsp3) is 0.467. The fourth-order valence-electron chi connectivity index (χ4n) is 3.10. The molecule has 3 rings (SSSR count). The first-order valence-corrected chi connectivity index (χ1v) is 6.78. The topological polar surface area (TPSA) is 64.3 Å². The quantitative estimate of drug-likeness (QED) is 0.914. The van der Waals surface area contributed by atoms with Crippen molar-refractivity contribution in [3.63, 3.8) is 0 Å². The van der Waals surface area contributed by atoms with Crippen molar-refractivity contribution in [2.24, 2.45) is 0 Å². The molecule has 0 saturated carbocycles. The van der Waals surface area contributed by atoms with Gasteiger partial charge < -0.3 is 14.4 Å². The molecule has 1 N–H and O–H groups in total. The molecule has 0 aliphatic carbocycles. The van der Waals surface area contributed by atoms with Crippen molar-refractivity contribution in [3.05, 3.63) is 29.6 Å². The Bertz CT molecular complexity index is 692. The van der Waals surface area contributed by atoms with Crippen LogP contribution in [0.15, 0.2) is 18.2 Å². The second-order valence-corrected chi connectivity index (χ2v) is 5.62. The monoisotopic (exact) mass is 274 g/mol. The van der Waals surface area contributed by atoms with Crippen LogP contribution in [0.3, 0.4) is 0 Å². The Hall–Kier alpha value is -1.88. The Morgan fingerprint density at radius 1 is 1.55 bits per heavy atom. The van der Waals surface area contributed by atoms with Gasteiger partial charge in [0.15, 0.2) is 0 Å². The highest BCUT2D eigenvalue weighted by molar-refractivity contribution is 5.92. The van der Waals surface area contributed by atoms with Crippen LogP contribution in [-0.2, 0) is 10.3 Å². The number of aromatic nitrogens is 2. The highest BCUT2D eigenvalue weighted by atomic mass is 16.5. The van der Waals surface area contributed by atoms with E-state index in [9.17, 15) is 4.79 Å². The predicted molar refractivity (Wildman–Crippen MR) is 75.1 cm³/mol. The van der Waals surface area contributed by atoms with Crippen LogP contribution in [0.2, 0.25) is 0 Å². The molecule has 20 heavy (non-hydrogen) atoms. The molecule has 0 amide bonds. The minimum absolute atomic E-state index is 0.109. The first-order valence-electron chi connectivity index (χ1n) is 6.78. The highest BCUT2D eigenvalue weighted by Gasteiger charge is 2.40. The van der Waals surface area contributed by atoms with Crippen molar-refractivity contribution < 1.29 is 14.6 Å². The third-order valence-corrected chi connectivity index (χ3v) is 4.43. The maximum absolute atomic E-state index is 11.1. The molecule has 2 atom stereocenters. The average Bonchev–Trinajstić information content (AvgIpc) is 2.89. The molecule has 1 aliphatic rings. The SMILES string of the molecule is Cc1nc2cc(C(=O)O)ccc2n1C1(C)CCOC1C. The van der Waals surface area contributed by atoms with E-state index >= 15 is 0 Å². The molecule has 2 heterocycles. The summed E-state index contributed by atoms with van der Waals surface area (Å²) in [7, 11) is 0. The molecule has 5 heteroatoms. The van der Waals surface area contributed by atoms with Crippen LogP contribution >= 0.6 is 0 Å². The average molecular weight is 274 g/mol. The summed E-state index contributed by atoms with van der Waals surface area (Å²) in [6, 6.07) is 5.10. The summed E-state index contributed by atoms with van der Waals surface area (Å²) < 4.78 is 7.90. The van der Waals surface area contributed by atoms with Crippen LogP contribution in [0.25, 0.3) is 11.0 Å². The van der Waals surface area contributed by atoms with Gasteiger partial charge in [-0.05, 0) is 45.4 Å². The van der Waals surface area contributed by atoms with Crippen molar-refractivity contribution in [2.45, 2.75) is 38.8 Å². The largest absolute Gasteiger partial charge is 0.478 e. The van der Waals surface area contributed by atoms with E-state index < -0.39 is 5.97 Å². The van der Waals surface area contributed by atoms with Gasteiger partial charge in [-0.25, -0.2) is 9.78 Å². The molecular weight excluding hydrogens is 256 g/mol. The van der Waals surface area contributed by atoms with Crippen LogP contribution in [0.4, 0.5) is 0 Å². The second kappa shape index (κ2) is 4.31. The minimum atomic E-state index is -0.928. The van der Waals surface area contributed by atoms with Crippen molar-refractivity contribution in [2.75, 3.05) is 6.61 Å². The van der Waals surface area contributed by atoms with Crippen molar-refractivity contribution in [3.8, 4) is 0 Å². The lowest BCUT2D eigenvalue weighted by atomic mass is 9.93. The summed E-state index contributed by atoms with van der Waals surface area (Å²) in [5, 5.41) is 9.07. The Labute approximate surface area is 117 Å². The Morgan fingerprint density at radius 2 is 2.30 bits per heavy atom. The molecule has 1 fully saturated rings. The Morgan fingerprint density at radius 3 is 2.90 bits per heavy atom. The van der Waals surface area contributed by atoms with Crippen molar-refractivity contribution in [1.82, 2.24) is 9.55 Å². The summed E-state index contributed by atoms with van der Waals surface area (Å²) in [6.07, 6.45) is 1.04. The van der Waals surface area contributed by atoms with E-state index in [1.807, 2.05) is 13.0 Å². The van der Waals surface area contributed by atoms with Gasteiger partial charge in [0.25, 0.3) is 0 Å². The second-order valence-electron chi connectivity index (χ2n) is 5.62. The van der Waals surface area contributed by atoms with Gasteiger partial charge in [-0.15, -0.1) is 0 Å². The zero-order valence-corrected chi connectivity index (χ0v) is 11.9. The molecule has 0 radical (unpaired) electrons. The molecule has 1 aliphatic heterocycles. The van der Waals surface area contributed by atoms with Gasteiger partial charge in [-0.2, -0.15) is 0 Å². The van der Waals surface area contributed by atoms with Crippen LogP contribution < -0.4 is 0 Å². The molecular formula is C15H18N2O3. The van der Waals surface area contributed by atoms with E-state index in [2.05, 4.69) is 23.4 Å². The summed E-state index contributed by atoms with van der Waals surface area (Å²) in [5.74, 6) is -0.0368. The number of fused-ring (bicyclic) bond motifs is 1. The van der Waals surface area contributed by atoms with Crippen molar-refractivity contribution in [1.29, 1.82) is 0 Å². The number of carbonyl (C=O) groups is 1. The number of aryl methyl sites for hydroxylation is 1. The number of ether oxygens (including phenoxy) is 1. The third-order valence-electron chi connectivity index (χ3n) is 4.43. The van der Waals surface area contributed by atoms with E-state index in [0.717, 1.165) is 29.9 Å². The van der Waals surface area contributed by atoms with E-state index in [0.29, 0.717) is 0 Å². The molecule has 2 aromatic rings.